The van der Waals surface area contributed by atoms with Gasteiger partial charge in [0.2, 0.25) is 5.91 Å². The highest BCUT2D eigenvalue weighted by molar-refractivity contribution is 8.00. The van der Waals surface area contributed by atoms with Gasteiger partial charge in [0.05, 0.1) is 13.7 Å². The van der Waals surface area contributed by atoms with Gasteiger partial charge in [0.15, 0.2) is 11.5 Å². The highest BCUT2D eigenvalue weighted by atomic mass is 32.2. The molecule has 1 aliphatic rings. The van der Waals surface area contributed by atoms with E-state index >= 15 is 0 Å². The van der Waals surface area contributed by atoms with E-state index in [0.29, 0.717) is 18.1 Å². The third-order valence-corrected chi connectivity index (χ3v) is 4.13. The monoisotopic (exact) mass is 282 g/mol. The fourth-order valence-electron chi connectivity index (χ4n) is 1.96. The van der Waals surface area contributed by atoms with Crippen LogP contribution in [-0.4, -0.2) is 48.7 Å². The molecule has 2 N–H and O–H groups in total. The number of carbonyl (C=O) groups is 1. The van der Waals surface area contributed by atoms with Gasteiger partial charge in [-0.15, -0.1) is 11.8 Å². The molecule has 1 aliphatic heterocycles. The Morgan fingerprint density at radius 2 is 2.21 bits per heavy atom. The van der Waals surface area contributed by atoms with E-state index in [-0.39, 0.29) is 17.8 Å². The van der Waals surface area contributed by atoms with Gasteiger partial charge < -0.3 is 20.1 Å². The lowest BCUT2D eigenvalue weighted by atomic mass is 10.3. The lowest BCUT2D eigenvalue weighted by Crippen LogP contribution is -2.41. The zero-order chi connectivity index (χ0) is 13.7. The second-order valence-electron chi connectivity index (χ2n) is 4.08. The Morgan fingerprint density at radius 3 is 2.89 bits per heavy atom. The van der Waals surface area contributed by atoms with E-state index < -0.39 is 0 Å². The molecule has 0 saturated carbocycles. The zero-order valence-corrected chi connectivity index (χ0v) is 11.7. The van der Waals surface area contributed by atoms with Crippen LogP contribution in [0.5, 0.6) is 11.5 Å². The number of carbonyl (C=O) groups excluding carboxylic acids is 1. The summed E-state index contributed by atoms with van der Waals surface area (Å²) < 4.78 is 11.0. The standard InChI is InChI=1S/C13H18N2O3S/c1-17-10-4-2-3-5-11(10)18-9-13-15(6-7-19-13)12(16)8-14/h2-5,13H,6-9,14H2,1H3. The lowest BCUT2D eigenvalue weighted by molar-refractivity contribution is -0.130. The Balaban J connectivity index is 1.96. The molecular formula is C13H18N2O3S. The van der Waals surface area contributed by atoms with Gasteiger partial charge in [-0.1, -0.05) is 12.1 Å². The van der Waals surface area contributed by atoms with E-state index in [9.17, 15) is 4.79 Å². The minimum absolute atomic E-state index is 0.0287. The van der Waals surface area contributed by atoms with Crippen LogP contribution >= 0.6 is 11.8 Å². The highest BCUT2D eigenvalue weighted by Gasteiger charge is 2.29. The first-order chi connectivity index (χ1) is 9.26. The predicted octanol–water partition coefficient (Wildman–Crippen LogP) is 0.934. The molecule has 1 fully saturated rings. The van der Waals surface area contributed by atoms with Gasteiger partial charge in [-0.25, -0.2) is 0 Å². The molecule has 6 heteroatoms. The molecule has 1 atom stereocenters. The predicted molar refractivity (Wildman–Crippen MR) is 75.5 cm³/mol. The molecule has 1 unspecified atom stereocenters. The first kappa shape index (κ1) is 14.0. The Kier molecular flexibility index (Phi) is 4.93. The van der Waals surface area contributed by atoms with Crippen molar-refractivity contribution in [2.45, 2.75) is 5.37 Å². The summed E-state index contributed by atoms with van der Waals surface area (Å²) >= 11 is 1.71. The molecule has 1 aromatic rings. The number of nitrogens with two attached hydrogens (primary N) is 1. The van der Waals surface area contributed by atoms with Gasteiger partial charge in [-0.3, -0.25) is 4.79 Å². The maximum absolute atomic E-state index is 11.7. The Morgan fingerprint density at radius 1 is 1.47 bits per heavy atom. The van der Waals surface area contributed by atoms with Crippen molar-refractivity contribution in [2.24, 2.45) is 5.73 Å². The van der Waals surface area contributed by atoms with Gasteiger partial charge in [0, 0.05) is 12.3 Å². The molecule has 1 heterocycles. The second kappa shape index (κ2) is 6.68. The minimum atomic E-state index is -0.0290. The summed E-state index contributed by atoms with van der Waals surface area (Å²) in [5.74, 6) is 2.28. The van der Waals surface area contributed by atoms with Crippen molar-refractivity contribution in [1.82, 2.24) is 4.90 Å². The van der Waals surface area contributed by atoms with E-state index in [1.165, 1.54) is 0 Å². The zero-order valence-electron chi connectivity index (χ0n) is 10.9. The number of amides is 1. The summed E-state index contributed by atoms with van der Waals surface area (Å²) in [6.45, 7) is 1.23. The Labute approximate surface area is 117 Å². The number of hydrogen-bond acceptors (Lipinski definition) is 5. The molecule has 0 bridgehead atoms. The summed E-state index contributed by atoms with van der Waals surface area (Å²) in [6.07, 6.45) is 0. The maximum Gasteiger partial charge on any atom is 0.237 e. The molecule has 0 spiro atoms. The van der Waals surface area contributed by atoms with Gasteiger partial charge in [0.25, 0.3) is 0 Å². The van der Waals surface area contributed by atoms with E-state index in [1.54, 1.807) is 23.8 Å². The number of rotatable bonds is 5. The maximum atomic E-state index is 11.7. The van der Waals surface area contributed by atoms with Crippen molar-refractivity contribution in [3.63, 3.8) is 0 Å². The van der Waals surface area contributed by atoms with E-state index in [4.69, 9.17) is 15.2 Å². The average molecular weight is 282 g/mol. The summed E-state index contributed by atoms with van der Waals surface area (Å²) in [4.78, 5) is 13.4. The topological polar surface area (TPSA) is 64.8 Å². The summed E-state index contributed by atoms with van der Waals surface area (Å²) in [6, 6.07) is 7.48. The number of para-hydroxylation sites is 2. The van der Waals surface area contributed by atoms with Crippen LogP contribution in [0.4, 0.5) is 0 Å². The third kappa shape index (κ3) is 3.33. The largest absolute Gasteiger partial charge is 0.493 e. The molecule has 0 radical (unpaired) electrons. The fourth-order valence-corrected chi connectivity index (χ4v) is 3.10. The van der Waals surface area contributed by atoms with Crippen LogP contribution in [0.2, 0.25) is 0 Å². The molecule has 1 saturated heterocycles. The van der Waals surface area contributed by atoms with E-state index in [0.717, 1.165) is 12.3 Å². The molecule has 0 aliphatic carbocycles. The van der Waals surface area contributed by atoms with Crippen LogP contribution in [0.1, 0.15) is 0 Å². The second-order valence-corrected chi connectivity index (χ2v) is 5.36. The van der Waals surface area contributed by atoms with Gasteiger partial charge >= 0.3 is 0 Å². The normalized spacial score (nSPS) is 18.4. The number of nitrogens with zero attached hydrogens (tertiary/aromatic N) is 1. The van der Waals surface area contributed by atoms with Crippen LogP contribution in [0.15, 0.2) is 24.3 Å². The SMILES string of the molecule is COc1ccccc1OCC1SCCN1C(=O)CN. The van der Waals surface area contributed by atoms with Crippen molar-refractivity contribution >= 4 is 17.7 Å². The number of thioether (sulfide) groups is 1. The number of hydrogen-bond donors (Lipinski definition) is 1. The number of benzene rings is 1. The molecule has 19 heavy (non-hydrogen) atoms. The van der Waals surface area contributed by atoms with Gasteiger partial charge in [-0.05, 0) is 12.1 Å². The van der Waals surface area contributed by atoms with Crippen LogP contribution in [0, 0.1) is 0 Å². The van der Waals surface area contributed by atoms with Crippen molar-refractivity contribution in [3.05, 3.63) is 24.3 Å². The van der Waals surface area contributed by atoms with Crippen LogP contribution < -0.4 is 15.2 Å². The summed E-state index contributed by atoms with van der Waals surface area (Å²) in [7, 11) is 1.61. The number of ether oxygens (including phenoxy) is 2. The molecule has 1 amide bonds. The van der Waals surface area contributed by atoms with Crippen molar-refractivity contribution in [3.8, 4) is 11.5 Å². The molecular weight excluding hydrogens is 264 g/mol. The van der Waals surface area contributed by atoms with Crippen molar-refractivity contribution in [1.29, 1.82) is 0 Å². The molecule has 1 aromatic carbocycles. The smallest absolute Gasteiger partial charge is 0.237 e. The Hall–Kier alpha value is -1.40. The van der Waals surface area contributed by atoms with Crippen molar-refractivity contribution < 1.29 is 14.3 Å². The molecule has 104 valence electrons. The minimum Gasteiger partial charge on any atom is -0.493 e. The quantitative estimate of drug-likeness (QED) is 0.870. The average Bonchev–Trinajstić information content (AvgIpc) is 2.93. The van der Waals surface area contributed by atoms with E-state index in [2.05, 4.69) is 0 Å². The van der Waals surface area contributed by atoms with Gasteiger partial charge in [-0.2, -0.15) is 0 Å². The first-order valence-corrected chi connectivity index (χ1v) is 7.18. The molecule has 2 rings (SSSR count). The van der Waals surface area contributed by atoms with Crippen LogP contribution in [0.25, 0.3) is 0 Å². The Bertz CT molecular complexity index is 442. The fraction of sp³-hybridized carbons (Fsp3) is 0.462. The number of methoxy groups -OCH3 is 1. The molecule has 0 aromatic heterocycles. The molecule has 5 nitrogen and oxygen atoms in total. The highest BCUT2D eigenvalue weighted by Crippen LogP contribution is 2.29. The van der Waals surface area contributed by atoms with Crippen molar-refractivity contribution in [2.75, 3.05) is 32.6 Å². The summed E-state index contributed by atoms with van der Waals surface area (Å²) in [5.41, 5.74) is 5.41. The van der Waals surface area contributed by atoms with E-state index in [1.807, 2.05) is 24.3 Å². The van der Waals surface area contributed by atoms with Gasteiger partial charge in [0.1, 0.15) is 12.0 Å². The lowest BCUT2D eigenvalue weighted by Gasteiger charge is -2.23. The van der Waals surface area contributed by atoms with Crippen LogP contribution in [0.3, 0.4) is 0 Å². The summed E-state index contributed by atoms with van der Waals surface area (Å²) in [5, 5.41) is 0.0287. The first-order valence-electron chi connectivity index (χ1n) is 6.13. The third-order valence-electron chi connectivity index (χ3n) is 2.94. The van der Waals surface area contributed by atoms with Crippen LogP contribution in [-0.2, 0) is 4.79 Å².